The Kier molecular flexibility index (Phi) is 3.53. The summed E-state index contributed by atoms with van der Waals surface area (Å²) in [5, 5.41) is 10.9. The zero-order valence-corrected chi connectivity index (χ0v) is 12.1. The van der Waals surface area contributed by atoms with Crippen LogP contribution in [0.25, 0.3) is 10.9 Å². The molecule has 2 heterocycles. The number of hydrogen-bond donors (Lipinski definition) is 1. The van der Waals surface area contributed by atoms with Gasteiger partial charge in [0.25, 0.3) is 0 Å². The van der Waals surface area contributed by atoms with Crippen molar-refractivity contribution in [2.45, 2.75) is 12.2 Å². The molecular weight excluding hydrogens is 272 g/mol. The Morgan fingerprint density at radius 1 is 1.45 bits per heavy atom. The Balaban J connectivity index is 2.19. The SMILES string of the molecule is CC1CN(c2c(C(=O)O)cnc3ccccc23)CCS1. The summed E-state index contributed by atoms with van der Waals surface area (Å²) in [5.74, 6) is 0.112. The second kappa shape index (κ2) is 5.32. The van der Waals surface area contributed by atoms with Crippen molar-refractivity contribution in [1.29, 1.82) is 0 Å². The summed E-state index contributed by atoms with van der Waals surface area (Å²) >= 11 is 1.93. The Bertz CT molecular complexity index is 659. The third kappa shape index (κ3) is 2.33. The number of carboxylic acid groups (broad SMARTS) is 1. The van der Waals surface area contributed by atoms with Crippen LogP contribution < -0.4 is 4.90 Å². The number of carbonyl (C=O) groups is 1. The number of hydrogen-bond acceptors (Lipinski definition) is 4. The molecule has 0 spiro atoms. The lowest BCUT2D eigenvalue weighted by Crippen LogP contribution is -2.37. The van der Waals surface area contributed by atoms with E-state index in [1.807, 2.05) is 36.0 Å². The van der Waals surface area contributed by atoms with Gasteiger partial charge in [-0.05, 0) is 6.07 Å². The molecule has 0 radical (unpaired) electrons. The Morgan fingerprint density at radius 3 is 3.00 bits per heavy atom. The number of anilines is 1. The molecule has 1 aromatic carbocycles. The molecule has 4 nitrogen and oxygen atoms in total. The van der Waals surface area contributed by atoms with Gasteiger partial charge in [-0.25, -0.2) is 4.79 Å². The number of pyridine rings is 1. The lowest BCUT2D eigenvalue weighted by Gasteiger charge is -2.33. The minimum absolute atomic E-state index is 0.294. The number of thioether (sulfide) groups is 1. The quantitative estimate of drug-likeness (QED) is 0.921. The van der Waals surface area contributed by atoms with E-state index in [1.165, 1.54) is 6.20 Å². The Hall–Kier alpha value is -1.75. The second-order valence-electron chi connectivity index (χ2n) is 4.97. The zero-order valence-electron chi connectivity index (χ0n) is 11.2. The number of nitrogens with zero attached hydrogens (tertiary/aromatic N) is 2. The van der Waals surface area contributed by atoms with Crippen molar-refractivity contribution in [3.05, 3.63) is 36.0 Å². The van der Waals surface area contributed by atoms with E-state index in [0.717, 1.165) is 35.4 Å². The van der Waals surface area contributed by atoms with Gasteiger partial charge in [-0.1, -0.05) is 25.1 Å². The summed E-state index contributed by atoms with van der Waals surface area (Å²) < 4.78 is 0. The predicted octanol–water partition coefficient (Wildman–Crippen LogP) is 2.87. The smallest absolute Gasteiger partial charge is 0.339 e. The van der Waals surface area contributed by atoms with Crippen LogP contribution in [0.1, 0.15) is 17.3 Å². The first-order valence-corrected chi connectivity index (χ1v) is 7.69. The largest absolute Gasteiger partial charge is 0.478 e. The van der Waals surface area contributed by atoms with Crippen molar-refractivity contribution in [2.75, 3.05) is 23.7 Å². The first-order chi connectivity index (χ1) is 9.66. The number of aromatic carboxylic acids is 1. The van der Waals surface area contributed by atoms with Crippen molar-refractivity contribution in [2.24, 2.45) is 0 Å². The van der Waals surface area contributed by atoms with E-state index in [-0.39, 0.29) is 0 Å². The molecule has 3 rings (SSSR count). The van der Waals surface area contributed by atoms with Crippen LogP contribution in [0.4, 0.5) is 5.69 Å². The number of para-hydroxylation sites is 1. The molecule has 2 aromatic rings. The minimum atomic E-state index is -0.913. The van der Waals surface area contributed by atoms with Gasteiger partial charge in [0.1, 0.15) is 5.56 Å². The highest BCUT2D eigenvalue weighted by atomic mass is 32.2. The summed E-state index contributed by atoms with van der Waals surface area (Å²) in [5.41, 5.74) is 1.96. The zero-order chi connectivity index (χ0) is 14.1. The normalized spacial score (nSPS) is 19.2. The van der Waals surface area contributed by atoms with E-state index in [0.29, 0.717) is 10.8 Å². The van der Waals surface area contributed by atoms with E-state index >= 15 is 0 Å². The van der Waals surface area contributed by atoms with E-state index < -0.39 is 5.97 Å². The predicted molar refractivity (Wildman–Crippen MR) is 82.8 cm³/mol. The van der Waals surface area contributed by atoms with Gasteiger partial charge in [0.05, 0.1) is 11.2 Å². The van der Waals surface area contributed by atoms with E-state index in [4.69, 9.17) is 0 Å². The molecule has 1 aliphatic rings. The molecule has 20 heavy (non-hydrogen) atoms. The number of aromatic nitrogens is 1. The van der Waals surface area contributed by atoms with Gasteiger partial charge in [0.15, 0.2) is 0 Å². The molecule has 1 N–H and O–H groups in total. The molecule has 1 aromatic heterocycles. The standard InChI is InChI=1S/C15H16N2O2S/c1-10-9-17(6-7-20-10)14-11-4-2-3-5-13(11)16-8-12(14)15(18)19/h2-5,8,10H,6-7,9H2,1H3,(H,18,19). The molecule has 0 bridgehead atoms. The van der Waals surface area contributed by atoms with Crippen LogP contribution in [0.15, 0.2) is 30.5 Å². The van der Waals surface area contributed by atoms with Crippen LogP contribution in [0, 0.1) is 0 Å². The fourth-order valence-corrected chi connectivity index (χ4v) is 3.66. The van der Waals surface area contributed by atoms with Crippen molar-refractivity contribution >= 4 is 34.3 Å². The molecule has 0 aliphatic carbocycles. The lowest BCUT2D eigenvalue weighted by molar-refractivity contribution is 0.0697. The first-order valence-electron chi connectivity index (χ1n) is 6.64. The summed E-state index contributed by atoms with van der Waals surface area (Å²) in [4.78, 5) is 18.0. The van der Waals surface area contributed by atoms with Crippen molar-refractivity contribution in [3.63, 3.8) is 0 Å². The average Bonchev–Trinajstić information content (AvgIpc) is 2.46. The summed E-state index contributed by atoms with van der Waals surface area (Å²) in [6.45, 7) is 3.93. The fourth-order valence-electron chi connectivity index (χ4n) is 2.65. The summed E-state index contributed by atoms with van der Waals surface area (Å²) in [6, 6.07) is 7.73. The van der Waals surface area contributed by atoms with Crippen molar-refractivity contribution in [1.82, 2.24) is 4.98 Å². The summed E-state index contributed by atoms with van der Waals surface area (Å²) in [6.07, 6.45) is 1.48. The minimum Gasteiger partial charge on any atom is -0.478 e. The fraction of sp³-hybridized carbons (Fsp3) is 0.333. The lowest BCUT2D eigenvalue weighted by atomic mass is 10.1. The van der Waals surface area contributed by atoms with Gasteiger partial charge in [0.2, 0.25) is 0 Å². The molecular formula is C15H16N2O2S. The maximum atomic E-state index is 11.5. The van der Waals surface area contributed by atoms with E-state index in [2.05, 4.69) is 16.8 Å². The first kappa shape index (κ1) is 13.2. The van der Waals surface area contributed by atoms with E-state index in [9.17, 15) is 9.90 Å². The van der Waals surface area contributed by atoms with Crippen LogP contribution in [0.3, 0.4) is 0 Å². The van der Waals surface area contributed by atoms with Gasteiger partial charge in [-0.2, -0.15) is 11.8 Å². The average molecular weight is 288 g/mol. The van der Waals surface area contributed by atoms with Crippen LogP contribution in [0.2, 0.25) is 0 Å². The molecule has 104 valence electrons. The van der Waals surface area contributed by atoms with Crippen LogP contribution >= 0.6 is 11.8 Å². The maximum Gasteiger partial charge on any atom is 0.339 e. The Morgan fingerprint density at radius 2 is 2.25 bits per heavy atom. The van der Waals surface area contributed by atoms with Gasteiger partial charge in [-0.15, -0.1) is 0 Å². The number of benzene rings is 1. The molecule has 1 unspecified atom stereocenters. The second-order valence-corrected chi connectivity index (χ2v) is 6.52. The van der Waals surface area contributed by atoms with Gasteiger partial charge < -0.3 is 10.0 Å². The monoisotopic (exact) mass is 288 g/mol. The highest BCUT2D eigenvalue weighted by Crippen LogP contribution is 2.32. The molecule has 1 aliphatic heterocycles. The Labute approximate surface area is 121 Å². The third-order valence-corrected chi connectivity index (χ3v) is 4.67. The maximum absolute atomic E-state index is 11.5. The molecule has 0 saturated carbocycles. The van der Waals surface area contributed by atoms with Gasteiger partial charge >= 0.3 is 5.97 Å². The summed E-state index contributed by atoms with van der Waals surface area (Å²) in [7, 11) is 0. The van der Waals surface area contributed by atoms with Crippen LogP contribution in [-0.4, -0.2) is 40.2 Å². The van der Waals surface area contributed by atoms with Crippen molar-refractivity contribution < 1.29 is 9.90 Å². The van der Waals surface area contributed by atoms with Crippen LogP contribution in [0.5, 0.6) is 0 Å². The molecule has 5 heteroatoms. The van der Waals surface area contributed by atoms with Crippen molar-refractivity contribution in [3.8, 4) is 0 Å². The molecule has 1 fully saturated rings. The molecule has 1 saturated heterocycles. The molecule has 1 atom stereocenters. The van der Waals surface area contributed by atoms with Gasteiger partial charge in [-0.3, -0.25) is 4.98 Å². The van der Waals surface area contributed by atoms with Crippen LogP contribution in [-0.2, 0) is 0 Å². The highest BCUT2D eigenvalue weighted by molar-refractivity contribution is 8.00. The third-order valence-electron chi connectivity index (χ3n) is 3.53. The number of carboxylic acids is 1. The molecule has 0 amide bonds. The number of rotatable bonds is 2. The number of fused-ring (bicyclic) bond motifs is 1. The van der Waals surface area contributed by atoms with E-state index in [1.54, 1.807) is 0 Å². The topological polar surface area (TPSA) is 53.4 Å². The van der Waals surface area contributed by atoms with Gasteiger partial charge in [0, 0.05) is 35.7 Å². The highest BCUT2D eigenvalue weighted by Gasteiger charge is 2.24.